The maximum atomic E-state index is 12.4. The number of anilines is 1. The molecule has 28 heavy (non-hydrogen) atoms. The number of piperazine rings is 1. The Morgan fingerprint density at radius 2 is 1.93 bits per heavy atom. The molecule has 0 spiro atoms. The van der Waals surface area contributed by atoms with Crippen molar-refractivity contribution in [2.24, 2.45) is 0 Å². The molecule has 2 N–H and O–H groups in total. The Hall–Kier alpha value is -2.22. The molecule has 0 saturated carbocycles. The van der Waals surface area contributed by atoms with Gasteiger partial charge in [-0.15, -0.1) is 0 Å². The van der Waals surface area contributed by atoms with Gasteiger partial charge in [0.1, 0.15) is 6.26 Å². The first-order chi connectivity index (χ1) is 13.4. The first-order valence-corrected chi connectivity index (χ1v) is 9.90. The largest absolute Gasteiger partial charge is 0.447 e. The van der Waals surface area contributed by atoms with E-state index in [0.29, 0.717) is 12.4 Å². The number of carbonyl (C=O) groups is 1. The lowest BCUT2D eigenvalue weighted by Crippen LogP contribution is -2.48. The van der Waals surface area contributed by atoms with E-state index in [0.717, 1.165) is 50.4 Å². The fourth-order valence-corrected chi connectivity index (χ4v) is 3.25. The Balaban J connectivity index is 1.50. The van der Waals surface area contributed by atoms with Crippen LogP contribution in [0.4, 0.5) is 5.69 Å². The lowest BCUT2D eigenvalue weighted by molar-refractivity contribution is 0.0658. The van der Waals surface area contributed by atoms with Gasteiger partial charge < -0.3 is 14.8 Å². The third-order valence-corrected chi connectivity index (χ3v) is 5.31. The molecule has 1 saturated heterocycles. The van der Waals surface area contributed by atoms with Crippen LogP contribution in [-0.2, 0) is 6.54 Å². The quantitative estimate of drug-likeness (QED) is 0.761. The smallest absolute Gasteiger partial charge is 0.277 e. The molecule has 7 heteroatoms. The van der Waals surface area contributed by atoms with Crippen LogP contribution in [0.2, 0.25) is 0 Å². The van der Waals surface area contributed by atoms with Gasteiger partial charge in [-0.05, 0) is 43.5 Å². The van der Waals surface area contributed by atoms with Crippen molar-refractivity contribution in [3.63, 3.8) is 0 Å². The lowest BCUT2D eigenvalue weighted by atomic mass is 10.1. The number of β-amino-alcohol motifs (C(OH)–C–C–N with tert-alkyl or cyclic N) is 1. The number of amides is 1. The summed E-state index contributed by atoms with van der Waals surface area (Å²) in [5, 5.41) is 12.6. The number of aliphatic hydroxyl groups is 1. The first-order valence-electron chi connectivity index (χ1n) is 9.90. The Morgan fingerprint density at radius 1 is 1.21 bits per heavy atom. The van der Waals surface area contributed by atoms with Crippen molar-refractivity contribution >= 4 is 11.6 Å². The highest BCUT2D eigenvalue weighted by atomic mass is 16.3. The molecular weight excluding hydrogens is 356 g/mol. The van der Waals surface area contributed by atoms with Crippen molar-refractivity contribution in [2.75, 3.05) is 38.0 Å². The van der Waals surface area contributed by atoms with Crippen molar-refractivity contribution in [3.05, 3.63) is 47.2 Å². The third-order valence-electron chi connectivity index (χ3n) is 5.31. The molecule has 3 rings (SSSR count). The molecule has 1 aliphatic rings. The van der Waals surface area contributed by atoms with Gasteiger partial charge in [0, 0.05) is 38.4 Å². The Bertz CT molecular complexity index is 797. The number of nitrogens with zero attached hydrogens (tertiary/aromatic N) is 3. The van der Waals surface area contributed by atoms with Gasteiger partial charge in [-0.2, -0.15) is 0 Å². The van der Waals surface area contributed by atoms with E-state index in [-0.39, 0.29) is 17.7 Å². The lowest BCUT2D eigenvalue weighted by Gasteiger charge is -2.34. The summed E-state index contributed by atoms with van der Waals surface area (Å²) >= 11 is 0. The third kappa shape index (κ3) is 5.41. The summed E-state index contributed by atoms with van der Waals surface area (Å²) in [6, 6.07) is 5.82. The maximum Gasteiger partial charge on any atom is 0.277 e. The average Bonchev–Trinajstić information content (AvgIpc) is 3.15. The topological polar surface area (TPSA) is 81.8 Å². The van der Waals surface area contributed by atoms with Crippen molar-refractivity contribution in [2.45, 2.75) is 39.8 Å². The number of aryl methyl sites for hydroxylation is 2. The van der Waals surface area contributed by atoms with Crippen LogP contribution in [0.5, 0.6) is 0 Å². The fraction of sp³-hybridized carbons (Fsp3) is 0.524. The van der Waals surface area contributed by atoms with E-state index in [2.05, 4.69) is 20.1 Å². The summed E-state index contributed by atoms with van der Waals surface area (Å²) in [5.41, 5.74) is 3.36. The number of hydrogen-bond acceptors (Lipinski definition) is 6. The van der Waals surface area contributed by atoms with Gasteiger partial charge in [-0.1, -0.05) is 13.0 Å². The molecule has 0 unspecified atom stereocenters. The van der Waals surface area contributed by atoms with Crippen molar-refractivity contribution in [1.29, 1.82) is 0 Å². The number of oxazole rings is 1. The molecule has 152 valence electrons. The Morgan fingerprint density at radius 3 is 2.61 bits per heavy atom. The van der Waals surface area contributed by atoms with Crippen LogP contribution in [0.25, 0.3) is 0 Å². The maximum absolute atomic E-state index is 12.4. The molecule has 1 atom stereocenters. The predicted octanol–water partition coefficient (Wildman–Crippen LogP) is 2.43. The molecule has 7 nitrogen and oxygen atoms in total. The fourth-order valence-electron chi connectivity index (χ4n) is 3.25. The average molecular weight is 386 g/mol. The minimum atomic E-state index is -0.267. The van der Waals surface area contributed by atoms with E-state index in [9.17, 15) is 9.90 Å². The molecule has 1 fully saturated rings. The first kappa shape index (κ1) is 20.5. The van der Waals surface area contributed by atoms with Gasteiger partial charge in [0.05, 0.1) is 12.6 Å². The zero-order valence-electron chi connectivity index (χ0n) is 16.9. The molecule has 2 heterocycles. The molecular formula is C21H30N4O3. The van der Waals surface area contributed by atoms with Crippen molar-refractivity contribution in [1.82, 2.24) is 14.8 Å². The molecule has 2 aromatic rings. The minimum absolute atomic E-state index is 0.253. The second kappa shape index (κ2) is 9.32. The van der Waals surface area contributed by atoms with Crippen LogP contribution in [0.1, 0.15) is 40.9 Å². The Kier molecular flexibility index (Phi) is 6.83. The summed E-state index contributed by atoms with van der Waals surface area (Å²) in [6.07, 6.45) is 1.94. The summed E-state index contributed by atoms with van der Waals surface area (Å²) in [4.78, 5) is 21.3. The highest BCUT2D eigenvalue weighted by Crippen LogP contribution is 2.16. The Labute approximate surface area is 166 Å². The summed E-state index contributed by atoms with van der Waals surface area (Å²) in [5.74, 6) is 0.281. The normalized spacial score (nSPS) is 16.9. The van der Waals surface area contributed by atoms with Crippen LogP contribution < -0.4 is 5.32 Å². The van der Waals surface area contributed by atoms with Crippen LogP contribution in [-0.4, -0.2) is 64.6 Å². The van der Waals surface area contributed by atoms with Gasteiger partial charge >= 0.3 is 0 Å². The van der Waals surface area contributed by atoms with E-state index >= 15 is 0 Å². The molecule has 1 aromatic heterocycles. The standard InChI is InChI=1S/C21H30N4O3/c1-4-18(26)12-24-7-9-25(10-8-24)13-20-23-19(14-28-20)21(27)22-17-6-5-15(2)16(3)11-17/h5-6,11,14,18,26H,4,7-10,12-13H2,1-3H3,(H,22,27)/t18-/m1/s1. The summed E-state index contributed by atoms with van der Waals surface area (Å²) in [6.45, 7) is 11.0. The van der Waals surface area contributed by atoms with Gasteiger partial charge in [-0.25, -0.2) is 4.98 Å². The summed E-state index contributed by atoms with van der Waals surface area (Å²) in [7, 11) is 0. The van der Waals surface area contributed by atoms with Crippen LogP contribution in [0.15, 0.2) is 28.9 Å². The molecule has 0 bridgehead atoms. The van der Waals surface area contributed by atoms with E-state index in [1.807, 2.05) is 39.0 Å². The molecule has 0 aliphatic carbocycles. The van der Waals surface area contributed by atoms with Crippen LogP contribution in [0.3, 0.4) is 0 Å². The zero-order valence-corrected chi connectivity index (χ0v) is 16.9. The number of aromatic nitrogens is 1. The zero-order chi connectivity index (χ0) is 20.1. The molecule has 0 radical (unpaired) electrons. The van der Waals surface area contributed by atoms with Crippen LogP contribution >= 0.6 is 0 Å². The molecule has 1 amide bonds. The summed E-state index contributed by atoms with van der Waals surface area (Å²) < 4.78 is 5.51. The van der Waals surface area contributed by atoms with E-state index < -0.39 is 0 Å². The predicted molar refractivity (Wildman–Crippen MR) is 108 cm³/mol. The number of rotatable bonds is 7. The minimum Gasteiger partial charge on any atom is -0.447 e. The van der Waals surface area contributed by atoms with Gasteiger partial charge in [0.25, 0.3) is 5.91 Å². The van der Waals surface area contributed by atoms with Gasteiger partial charge in [0.15, 0.2) is 5.69 Å². The van der Waals surface area contributed by atoms with Gasteiger partial charge in [0.2, 0.25) is 5.89 Å². The highest BCUT2D eigenvalue weighted by molar-refractivity contribution is 6.02. The second-order valence-corrected chi connectivity index (χ2v) is 7.52. The van der Waals surface area contributed by atoms with Crippen molar-refractivity contribution < 1.29 is 14.3 Å². The number of benzene rings is 1. The SMILES string of the molecule is CC[C@@H](O)CN1CCN(Cc2nc(C(=O)Nc3ccc(C)c(C)c3)co2)CC1. The highest BCUT2D eigenvalue weighted by Gasteiger charge is 2.21. The van der Waals surface area contributed by atoms with Gasteiger partial charge in [-0.3, -0.25) is 14.6 Å². The van der Waals surface area contributed by atoms with E-state index in [1.54, 1.807) is 0 Å². The number of aliphatic hydroxyl groups excluding tert-OH is 1. The van der Waals surface area contributed by atoms with Crippen molar-refractivity contribution in [3.8, 4) is 0 Å². The molecule has 1 aliphatic heterocycles. The number of nitrogens with one attached hydrogen (secondary N) is 1. The molecule has 1 aromatic carbocycles. The number of carbonyl (C=O) groups excluding carboxylic acids is 1. The second-order valence-electron chi connectivity index (χ2n) is 7.52. The van der Waals surface area contributed by atoms with Crippen LogP contribution in [0, 0.1) is 13.8 Å². The van der Waals surface area contributed by atoms with E-state index in [1.165, 1.54) is 11.8 Å². The monoisotopic (exact) mass is 386 g/mol. The van der Waals surface area contributed by atoms with E-state index in [4.69, 9.17) is 4.42 Å². The number of hydrogen-bond donors (Lipinski definition) is 2.